The Hall–Kier alpha value is -0.160. The first-order valence-electron chi connectivity index (χ1n) is 7.19. The molecule has 1 saturated carbocycles. The molecule has 0 radical (unpaired) electrons. The quantitative estimate of drug-likeness (QED) is 0.748. The molecule has 4 nitrogen and oxygen atoms in total. The van der Waals surface area contributed by atoms with Gasteiger partial charge in [0, 0.05) is 44.3 Å². The second-order valence-electron chi connectivity index (χ2n) is 6.16. The van der Waals surface area contributed by atoms with Crippen molar-refractivity contribution in [3.05, 3.63) is 0 Å². The van der Waals surface area contributed by atoms with Crippen LogP contribution in [-0.4, -0.2) is 51.1 Å². The molecule has 1 saturated heterocycles. The van der Waals surface area contributed by atoms with E-state index in [4.69, 9.17) is 9.47 Å². The molecule has 1 aliphatic heterocycles. The summed E-state index contributed by atoms with van der Waals surface area (Å²) in [5.41, 5.74) is 0.259. The first-order chi connectivity index (χ1) is 8.57. The van der Waals surface area contributed by atoms with Gasteiger partial charge in [-0.1, -0.05) is 13.8 Å². The van der Waals surface area contributed by atoms with Crippen LogP contribution in [0.4, 0.5) is 0 Å². The molecule has 1 heterocycles. The second kappa shape index (κ2) is 5.87. The maximum atomic E-state index is 5.75. The molecule has 2 aliphatic rings. The topological polar surface area (TPSA) is 42.5 Å². The molecule has 4 heteroatoms. The first-order valence-corrected chi connectivity index (χ1v) is 7.19. The summed E-state index contributed by atoms with van der Waals surface area (Å²) in [5.74, 6) is 0. The Morgan fingerprint density at radius 1 is 1.33 bits per heavy atom. The van der Waals surface area contributed by atoms with Crippen LogP contribution in [0.5, 0.6) is 0 Å². The Morgan fingerprint density at radius 3 is 2.67 bits per heavy atom. The molecule has 0 aromatic carbocycles. The zero-order chi connectivity index (χ0) is 13.2. The third kappa shape index (κ3) is 2.87. The zero-order valence-corrected chi connectivity index (χ0v) is 12.2. The lowest BCUT2D eigenvalue weighted by atomic mass is 9.64. The van der Waals surface area contributed by atoms with Crippen molar-refractivity contribution in [2.24, 2.45) is 5.41 Å². The van der Waals surface area contributed by atoms with E-state index in [9.17, 15) is 0 Å². The summed E-state index contributed by atoms with van der Waals surface area (Å²) >= 11 is 0. The largest absolute Gasteiger partial charge is 0.380 e. The Balaban J connectivity index is 1.69. The van der Waals surface area contributed by atoms with Crippen molar-refractivity contribution in [1.82, 2.24) is 10.6 Å². The fraction of sp³-hybridized carbons (Fsp3) is 1.00. The van der Waals surface area contributed by atoms with Gasteiger partial charge in [0.15, 0.2) is 0 Å². The highest BCUT2D eigenvalue weighted by Gasteiger charge is 2.48. The Bertz CT molecular complexity index is 271. The van der Waals surface area contributed by atoms with Gasteiger partial charge in [-0.2, -0.15) is 0 Å². The molecule has 0 spiro atoms. The summed E-state index contributed by atoms with van der Waals surface area (Å²) in [7, 11) is 1.80. The SMILES string of the molecule is CCOC1CC(NCC2CC(OC)CN2)C1(C)C. The van der Waals surface area contributed by atoms with Crippen LogP contribution >= 0.6 is 0 Å². The van der Waals surface area contributed by atoms with Crippen LogP contribution in [0.25, 0.3) is 0 Å². The molecule has 0 aromatic heterocycles. The molecule has 0 amide bonds. The van der Waals surface area contributed by atoms with E-state index in [1.165, 1.54) is 0 Å². The van der Waals surface area contributed by atoms with Gasteiger partial charge in [-0.3, -0.25) is 0 Å². The van der Waals surface area contributed by atoms with Crippen LogP contribution in [0.1, 0.15) is 33.6 Å². The molecule has 4 atom stereocenters. The highest BCUT2D eigenvalue weighted by molar-refractivity contribution is 5.03. The van der Waals surface area contributed by atoms with E-state index in [0.717, 1.165) is 32.5 Å². The maximum absolute atomic E-state index is 5.75. The lowest BCUT2D eigenvalue weighted by molar-refractivity contribution is -0.114. The fourth-order valence-electron chi connectivity index (χ4n) is 3.12. The van der Waals surface area contributed by atoms with Crippen molar-refractivity contribution in [1.29, 1.82) is 0 Å². The highest BCUT2D eigenvalue weighted by Crippen LogP contribution is 2.42. The minimum Gasteiger partial charge on any atom is -0.380 e. The fourth-order valence-corrected chi connectivity index (χ4v) is 3.12. The van der Waals surface area contributed by atoms with Gasteiger partial charge in [-0.25, -0.2) is 0 Å². The smallest absolute Gasteiger partial charge is 0.0711 e. The zero-order valence-electron chi connectivity index (χ0n) is 12.2. The third-order valence-corrected chi connectivity index (χ3v) is 4.67. The van der Waals surface area contributed by atoms with E-state index in [1.54, 1.807) is 7.11 Å². The number of methoxy groups -OCH3 is 1. The number of hydrogen-bond donors (Lipinski definition) is 2. The van der Waals surface area contributed by atoms with E-state index in [1.807, 2.05) is 0 Å². The molecule has 0 aromatic rings. The standard InChI is InChI=1S/C14H28N2O2/c1-5-18-13-7-12(14(13,2)3)16-8-10-6-11(17-4)9-15-10/h10-13,15-16H,5-9H2,1-4H3. The summed E-state index contributed by atoms with van der Waals surface area (Å²) in [4.78, 5) is 0. The van der Waals surface area contributed by atoms with Gasteiger partial charge < -0.3 is 20.1 Å². The Morgan fingerprint density at radius 2 is 2.11 bits per heavy atom. The molecular weight excluding hydrogens is 228 g/mol. The van der Waals surface area contributed by atoms with E-state index in [0.29, 0.717) is 24.3 Å². The molecule has 106 valence electrons. The average Bonchev–Trinajstić information content (AvgIpc) is 2.80. The second-order valence-corrected chi connectivity index (χ2v) is 6.16. The van der Waals surface area contributed by atoms with Crippen molar-refractivity contribution < 1.29 is 9.47 Å². The van der Waals surface area contributed by atoms with Crippen molar-refractivity contribution >= 4 is 0 Å². The predicted molar refractivity (Wildman–Crippen MR) is 72.8 cm³/mol. The molecule has 2 rings (SSSR count). The van der Waals surface area contributed by atoms with Crippen LogP contribution < -0.4 is 10.6 Å². The monoisotopic (exact) mass is 256 g/mol. The summed E-state index contributed by atoms with van der Waals surface area (Å²) < 4.78 is 11.1. The first kappa shape index (κ1) is 14.3. The van der Waals surface area contributed by atoms with Crippen molar-refractivity contribution in [2.45, 2.75) is 57.9 Å². The third-order valence-electron chi connectivity index (χ3n) is 4.67. The molecular formula is C14H28N2O2. The molecule has 4 unspecified atom stereocenters. The predicted octanol–water partition coefficient (Wildman–Crippen LogP) is 1.16. The molecule has 0 bridgehead atoms. The van der Waals surface area contributed by atoms with Crippen molar-refractivity contribution in [3.63, 3.8) is 0 Å². The van der Waals surface area contributed by atoms with Crippen LogP contribution in [0.15, 0.2) is 0 Å². The average molecular weight is 256 g/mol. The molecule has 2 fully saturated rings. The maximum Gasteiger partial charge on any atom is 0.0711 e. The van der Waals surface area contributed by atoms with Crippen LogP contribution in [0.3, 0.4) is 0 Å². The van der Waals surface area contributed by atoms with Crippen molar-refractivity contribution in [3.8, 4) is 0 Å². The van der Waals surface area contributed by atoms with Crippen LogP contribution in [0.2, 0.25) is 0 Å². The normalized spacial score (nSPS) is 38.7. The molecule has 1 aliphatic carbocycles. The van der Waals surface area contributed by atoms with Gasteiger partial charge in [0.25, 0.3) is 0 Å². The highest BCUT2D eigenvalue weighted by atomic mass is 16.5. The van der Waals surface area contributed by atoms with E-state index >= 15 is 0 Å². The number of hydrogen-bond acceptors (Lipinski definition) is 4. The Labute approximate surface area is 111 Å². The van der Waals surface area contributed by atoms with Crippen molar-refractivity contribution in [2.75, 3.05) is 26.8 Å². The summed E-state index contributed by atoms with van der Waals surface area (Å²) in [6, 6.07) is 1.13. The van der Waals surface area contributed by atoms with Gasteiger partial charge in [0.1, 0.15) is 0 Å². The van der Waals surface area contributed by atoms with Crippen LogP contribution in [0, 0.1) is 5.41 Å². The number of rotatable bonds is 6. The van der Waals surface area contributed by atoms with E-state index < -0.39 is 0 Å². The van der Waals surface area contributed by atoms with Gasteiger partial charge in [0.05, 0.1) is 12.2 Å². The summed E-state index contributed by atoms with van der Waals surface area (Å²) in [5, 5.41) is 7.19. The summed E-state index contributed by atoms with van der Waals surface area (Å²) in [6.07, 6.45) is 3.07. The van der Waals surface area contributed by atoms with Crippen LogP contribution in [-0.2, 0) is 9.47 Å². The minimum absolute atomic E-state index is 0.259. The minimum atomic E-state index is 0.259. The lowest BCUT2D eigenvalue weighted by Gasteiger charge is -2.52. The molecule has 2 N–H and O–H groups in total. The molecule has 18 heavy (non-hydrogen) atoms. The lowest BCUT2D eigenvalue weighted by Crippen LogP contribution is -2.62. The van der Waals surface area contributed by atoms with E-state index in [2.05, 4.69) is 31.4 Å². The van der Waals surface area contributed by atoms with Gasteiger partial charge in [-0.05, 0) is 19.8 Å². The van der Waals surface area contributed by atoms with Gasteiger partial charge >= 0.3 is 0 Å². The van der Waals surface area contributed by atoms with Gasteiger partial charge in [0.2, 0.25) is 0 Å². The van der Waals surface area contributed by atoms with Gasteiger partial charge in [-0.15, -0.1) is 0 Å². The number of ether oxygens (including phenoxy) is 2. The Kier molecular flexibility index (Phi) is 4.64. The summed E-state index contributed by atoms with van der Waals surface area (Å²) in [6.45, 7) is 9.51. The number of nitrogens with one attached hydrogen (secondary N) is 2. The van der Waals surface area contributed by atoms with E-state index in [-0.39, 0.29) is 5.41 Å².